The van der Waals surface area contributed by atoms with E-state index in [2.05, 4.69) is 41.0 Å². The van der Waals surface area contributed by atoms with Crippen LogP contribution in [-0.2, 0) is 11.2 Å². The highest BCUT2D eigenvalue weighted by Gasteiger charge is 2.11. The highest BCUT2D eigenvalue weighted by molar-refractivity contribution is 5.87. The standard InChI is InChI=1S/C16H22N4O/c1-11(21)6-5-7-12-8-17-15-14(12)20-13(9-18-15)19-10-16(2,3)4/h5-6,8-9H,7,10H2,1-4H3,(H,17,18)(H,19,20)/b6-5+. The number of ketones is 1. The number of rotatable bonds is 5. The maximum absolute atomic E-state index is 10.9. The zero-order valence-electron chi connectivity index (χ0n) is 13.0. The predicted molar refractivity (Wildman–Crippen MR) is 85.4 cm³/mol. The fourth-order valence-electron chi connectivity index (χ4n) is 1.89. The molecule has 5 nitrogen and oxygen atoms in total. The molecule has 0 aromatic carbocycles. The van der Waals surface area contributed by atoms with Gasteiger partial charge in [-0.2, -0.15) is 0 Å². The van der Waals surface area contributed by atoms with Crippen LogP contribution in [0.5, 0.6) is 0 Å². The normalized spacial score (nSPS) is 12.2. The Morgan fingerprint density at radius 1 is 1.43 bits per heavy atom. The molecular formula is C16H22N4O. The monoisotopic (exact) mass is 286 g/mol. The molecule has 0 unspecified atom stereocenters. The summed E-state index contributed by atoms with van der Waals surface area (Å²) in [5, 5.41) is 3.31. The first-order valence-electron chi connectivity index (χ1n) is 7.09. The molecule has 2 heterocycles. The summed E-state index contributed by atoms with van der Waals surface area (Å²) in [7, 11) is 0. The van der Waals surface area contributed by atoms with E-state index in [9.17, 15) is 4.79 Å². The topological polar surface area (TPSA) is 70.7 Å². The molecule has 0 fully saturated rings. The van der Waals surface area contributed by atoms with E-state index in [1.54, 1.807) is 19.2 Å². The van der Waals surface area contributed by atoms with Crippen molar-refractivity contribution in [2.24, 2.45) is 5.41 Å². The van der Waals surface area contributed by atoms with E-state index in [0.29, 0.717) is 6.42 Å². The van der Waals surface area contributed by atoms with Crippen LogP contribution in [0, 0.1) is 5.41 Å². The minimum Gasteiger partial charge on any atom is -0.368 e. The molecular weight excluding hydrogens is 264 g/mol. The number of aromatic nitrogens is 3. The molecule has 0 radical (unpaired) electrons. The molecule has 0 saturated carbocycles. The number of H-pyrrole nitrogens is 1. The van der Waals surface area contributed by atoms with Gasteiger partial charge in [-0.15, -0.1) is 0 Å². The maximum Gasteiger partial charge on any atom is 0.156 e. The molecule has 0 spiro atoms. The van der Waals surface area contributed by atoms with Crippen molar-refractivity contribution in [3.05, 3.63) is 30.1 Å². The molecule has 0 aliphatic rings. The number of hydrogen-bond acceptors (Lipinski definition) is 4. The fraction of sp³-hybridized carbons (Fsp3) is 0.438. The Labute approximate surface area is 124 Å². The second-order valence-electron chi connectivity index (χ2n) is 6.40. The summed E-state index contributed by atoms with van der Waals surface area (Å²) >= 11 is 0. The first kappa shape index (κ1) is 15.2. The SMILES string of the molecule is CC(=O)/C=C/Cc1c[nH]c2ncc(NCC(C)(C)C)nc12. The summed E-state index contributed by atoms with van der Waals surface area (Å²) in [6.07, 6.45) is 7.72. The number of fused-ring (bicyclic) bond motifs is 1. The van der Waals surface area contributed by atoms with Crippen molar-refractivity contribution in [3.8, 4) is 0 Å². The van der Waals surface area contributed by atoms with Crippen LogP contribution in [0.3, 0.4) is 0 Å². The molecule has 0 aliphatic heterocycles. The largest absolute Gasteiger partial charge is 0.368 e. The van der Waals surface area contributed by atoms with E-state index >= 15 is 0 Å². The van der Waals surface area contributed by atoms with Crippen molar-refractivity contribution in [2.45, 2.75) is 34.1 Å². The summed E-state index contributed by atoms with van der Waals surface area (Å²) in [5.74, 6) is 0.822. The lowest BCUT2D eigenvalue weighted by Crippen LogP contribution is -2.19. The van der Waals surface area contributed by atoms with Crippen molar-refractivity contribution in [3.63, 3.8) is 0 Å². The third kappa shape index (κ3) is 4.41. The fourth-order valence-corrected chi connectivity index (χ4v) is 1.89. The molecule has 21 heavy (non-hydrogen) atoms. The zero-order valence-corrected chi connectivity index (χ0v) is 13.0. The molecule has 0 bridgehead atoms. The number of nitrogens with zero attached hydrogens (tertiary/aromatic N) is 2. The average molecular weight is 286 g/mol. The molecule has 2 aromatic heterocycles. The molecule has 2 aromatic rings. The second-order valence-corrected chi connectivity index (χ2v) is 6.40. The van der Waals surface area contributed by atoms with Gasteiger partial charge in [-0.05, 0) is 24.8 Å². The summed E-state index contributed by atoms with van der Waals surface area (Å²) < 4.78 is 0. The third-order valence-electron chi connectivity index (χ3n) is 2.95. The predicted octanol–water partition coefficient (Wildman–Crippen LogP) is 3.10. The molecule has 5 heteroatoms. The van der Waals surface area contributed by atoms with Crippen LogP contribution in [0.2, 0.25) is 0 Å². The van der Waals surface area contributed by atoms with E-state index in [1.807, 2.05) is 12.3 Å². The minimum atomic E-state index is 0.0495. The number of allylic oxidation sites excluding steroid dienone is 2. The van der Waals surface area contributed by atoms with Gasteiger partial charge in [-0.1, -0.05) is 26.8 Å². The highest BCUT2D eigenvalue weighted by Crippen LogP contribution is 2.19. The number of hydrogen-bond donors (Lipinski definition) is 2. The molecule has 112 valence electrons. The lowest BCUT2D eigenvalue weighted by molar-refractivity contribution is -0.112. The smallest absolute Gasteiger partial charge is 0.156 e. The molecule has 2 rings (SSSR count). The van der Waals surface area contributed by atoms with Gasteiger partial charge >= 0.3 is 0 Å². The van der Waals surface area contributed by atoms with Crippen LogP contribution in [0.4, 0.5) is 5.82 Å². The summed E-state index contributed by atoms with van der Waals surface area (Å²) in [6, 6.07) is 0. The van der Waals surface area contributed by atoms with Gasteiger partial charge in [0.15, 0.2) is 11.4 Å². The summed E-state index contributed by atoms with van der Waals surface area (Å²) in [4.78, 5) is 23.0. The Morgan fingerprint density at radius 3 is 2.86 bits per heavy atom. The van der Waals surface area contributed by atoms with Gasteiger partial charge in [0, 0.05) is 18.3 Å². The molecule has 0 atom stereocenters. The number of carbonyl (C=O) groups excluding carboxylic acids is 1. The van der Waals surface area contributed by atoms with E-state index in [4.69, 9.17) is 0 Å². The molecule has 0 amide bonds. The van der Waals surface area contributed by atoms with E-state index < -0.39 is 0 Å². The van der Waals surface area contributed by atoms with Gasteiger partial charge in [0.2, 0.25) is 0 Å². The Balaban J connectivity index is 2.18. The van der Waals surface area contributed by atoms with Crippen LogP contribution in [-0.4, -0.2) is 27.3 Å². The van der Waals surface area contributed by atoms with Crippen LogP contribution in [0.15, 0.2) is 24.5 Å². The second kappa shape index (κ2) is 6.08. The van der Waals surface area contributed by atoms with Gasteiger partial charge in [0.1, 0.15) is 11.3 Å². The van der Waals surface area contributed by atoms with Crippen LogP contribution in [0.25, 0.3) is 11.2 Å². The Morgan fingerprint density at radius 2 is 2.19 bits per heavy atom. The van der Waals surface area contributed by atoms with Crippen molar-refractivity contribution >= 4 is 22.8 Å². The maximum atomic E-state index is 10.9. The van der Waals surface area contributed by atoms with Crippen LogP contribution in [0.1, 0.15) is 33.3 Å². The van der Waals surface area contributed by atoms with Gasteiger partial charge in [-0.3, -0.25) is 4.79 Å². The van der Waals surface area contributed by atoms with E-state index in [0.717, 1.165) is 29.1 Å². The number of anilines is 1. The van der Waals surface area contributed by atoms with E-state index in [1.165, 1.54) is 0 Å². The quantitative estimate of drug-likeness (QED) is 0.829. The minimum absolute atomic E-state index is 0.0495. The lowest BCUT2D eigenvalue weighted by atomic mass is 9.97. The summed E-state index contributed by atoms with van der Waals surface area (Å²) in [6.45, 7) is 8.87. The number of carbonyl (C=O) groups is 1. The molecule has 2 N–H and O–H groups in total. The zero-order chi connectivity index (χ0) is 15.5. The highest BCUT2D eigenvalue weighted by atomic mass is 16.1. The van der Waals surface area contributed by atoms with Crippen molar-refractivity contribution in [1.29, 1.82) is 0 Å². The third-order valence-corrected chi connectivity index (χ3v) is 2.95. The lowest BCUT2D eigenvalue weighted by Gasteiger charge is -2.18. The van der Waals surface area contributed by atoms with Crippen molar-refractivity contribution < 1.29 is 4.79 Å². The van der Waals surface area contributed by atoms with Gasteiger partial charge < -0.3 is 10.3 Å². The van der Waals surface area contributed by atoms with E-state index in [-0.39, 0.29) is 11.2 Å². The Kier molecular flexibility index (Phi) is 4.40. The first-order chi connectivity index (χ1) is 9.85. The number of nitrogens with one attached hydrogen (secondary N) is 2. The van der Waals surface area contributed by atoms with Gasteiger partial charge in [0.05, 0.1) is 6.20 Å². The molecule has 0 saturated heterocycles. The number of aromatic amines is 1. The first-order valence-corrected chi connectivity index (χ1v) is 7.09. The summed E-state index contributed by atoms with van der Waals surface area (Å²) in [5.41, 5.74) is 2.83. The molecule has 0 aliphatic carbocycles. The van der Waals surface area contributed by atoms with Crippen molar-refractivity contribution in [1.82, 2.24) is 15.0 Å². The average Bonchev–Trinajstić information content (AvgIpc) is 2.78. The van der Waals surface area contributed by atoms with Crippen LogP contribution >= 0.6 is 0 Å². The van der Waals surface area contributed by atoms with Crippen LogP contribution < -0.4 is 5.32 Å². The van der Waals surface area contributed by atoms with Gasteiger partial charge in [-0.25, -0.2) is 9.97 Å². The van der Waals surface area contributed by atoms with Gasteiger partial charge in [0.25, 0.3) is 0 Å². The Hall–Kier alpha value is -2.17. The van der Waals surface area contributed by atoms with Crippen molar-refractivity contribution in [2.75, 3.05) is 11.9 Å². The Bertz CT molecular complexity index is 664.